The van der Waals surface area contributed by atoms with Gasteiger partial charge in [-0.1, -0.05) is 0 Å². The van der Waals surface area contributed by atoms with E-state index in [1.54, 1.807) is 4.90 Å². The minimum absolute atomic E-state index is 0.213. The fourth-order valence-electron chi connectivity index (χ4n) is 2.86. The van der Waals surface area contributed by atoms with Crippen LogP contribution in [0.25, 0.3) is 0 Å². The highest BCUT2D eigenvalue weighted by molar-refractivity contribution is 5.78. The fraction of sp³-hybridized carbons (Fsp3) is 0.882. The molecule has 25 heavy (non-hydrogen) atoms. The third kappa shape index (κ3) is 7.07. The molecule has 0 saturated carbocycles. The van der Waals surface area contributed by atoms with Gasteiger partial charge in [-0.05, 0) is 27.2 Å². The van der Waals surface area contributed by atoms with Gasteiger partial charge in [-0.25, -0.2) is 4.79 Å². The van der Waals surface area contributed by atoms with Crippen LogP contribution in [0.3, 0.4) is 0 Å². The Morgan fingerprint density at radius 1 is 1.08 bits per heavy atom. The van der Waals surface area contributed by atoms with Gasteiger partial charge in [-0.15, -0.1) is 0 Å². The van der Waals surface area contributed by atoms with Crippen molar-refractivity contribution in [1.82, 2.24) is 14.7 Å². The molecule has 8 nitrogen and oxygen atoms in total. The zero-order valence-electron chi connectivity index (χ0n) is 15.9. The number of ether oxygens (including phenoxy) is 2. The van der Waals surface area contributed by atoms with Crippen molar-refractivity contribution >= 4 is 12.1 Å². The van der Waals surface area contributed by atoms with Crippen molar-refractivity contribution in [1.29, 1.82) is 0 Å². The molecule has 2 heterocycles. The van der Waals surface area contributed by atoms with E-state index in [1.807, 2.05) is 20.8 Å². The van der Waals surface area contributed by atoms with Gasteiger partial charge in [0.2, 0.25) is 0 Å². The molecule has 8 heteroatoms. The molecule has 2 aliphatic rings. The topological polar surface area (TPSA) is 83.6 Å². The van der Waals surface area contributed by atoms with Crippen LogP contribution < -0.4 is 5.73 Å². The van der Waals surface area contributed by atoms with Crippen LogP contribution in [0.2, 0.25) is 0 Å². The van der Waals surface area contributed by atoms with Crippen LogP contribution in [0.5, 0.6) is 0 Å². The Labute approximate surface area is 150 Å². The van der Waals surface area contributed by atoms with Gasteiger partial charge in [-0.2, -0.15) is 0 Å². The van der Waals surface area contributed by atoms with Gasteiger partial charge >= 0.3 is 6.09 Å². The number of hydrogen-bond donors (Lipinski definition) is 1. The van der Waals surface area contributed by atoms with Crippen LogP contribution in [0.1, 0.15) is 27.2 Å². The fourth-order valence-corrected chi connectivity index (χ4v) is 2.86. The number of hydrogen-bond acceptors (Lipinski definition) is 5. The van der Waals surface area contributed by atoms with E-state index >= 15 is 0 Å². The largest absolute Gasteiger partial charge is 0.444 e. The van der Waals surface area contributed by atoms with Crippen molar-refractivity contribution in [2.75, 3.05) is 65.6 Å². The third-order valence-electron chi connectivity index (χ3n) is 4.27. The van der Waals surface area contributed by atoms with Gasteiger partial charge < -0.3 is 25.0 Å². The molecule has 2 aliphatic heterocycles. The molecule has 0 aromatic carbocycles. The van der Waals surface area contributed by atoms with Crippen molar-refractivity contribution in [2.24, 2.45) is 10.7 Å². The zero-order chi connectivity index (χ0) is 18.3. The summed E-state index contributed by atoms with van der Waals surface area (Å²) in [5.41, 5.74) is 5.58. The Hall–Kier alpha value is -1.54. The second-order valence-electron chi connectivity index (χ2n) is 7.50. The lowest BCUT2D eigenvalue weighted by Crippen LogP contribution is -2.50. The van der Waals surface area contributed by atoms with Gasteiger partial charge in [0.1, 0.15) is 5.60 Å². The molecule has 0 aliphatic carbocycles. The molecule has 0 atom stereocenters. The number of nitrogens with two attached hydrogens (primary N) is 1. The average Bonchev–Trinajstić information content (AvgIpc) is 2.58. The summed E-state index contributed by atoms with van der Waals surface area (Å²) < 4.78 is 10.7. The number of amides is 1. The maximum atomic E-state index is 12.0. The van der Waals surface area contributed by atoms with Gasteiger partial charge in [-0.3, -0.25) is 9.89 Å². The van der Waals surface area contributed by atoms with Crippen molar-refractivity contribution < 1.29 is 14.3 Å². The first-order valence-corrected chi connectivity index (χ1v) is 9.18. The Bertz CT molecular complexity index is 450. The lowest BCUT2D eigenvalue weighted by molar-refractivity contribution is 0.0145. The molecule has 144 valence electrons. The van der Waals surface area contributed by atoms with Crippen LogP contribution in [0.4, 0.5) is 4.79 Å². The molecular formula is C17H33N5O3. The van der Waals surface area contributed by atoms with Gasteiger partial charge in [0, 0.05) is 52.4 Å². The molecule has 0 unspecified atom stereocenters. The number of rotatable bonds is 4. The number of aliphatic imine (C=N–C) groups is 1. The number of nitrogens with zero attached hydrogens (tertiary/aromatic N) is 4. The second-order valence-corrected chi connectivity index (χ2v) is 7.50. The summed E-state index contributed by atoms with van der Waals surface area (Å²) in [4.78, 5) is 22.7. The normalized spacial score (nSPS) is 20.7. The summed E-state index contributed by atoms with van der Waals surface area (Å²) in [5, 5.41) is 0. The van der Waals surface area contributed by atoms with Crippen LogP contribution >= 0.6 is 0 Å². The van der Waals surface area contributed by atoms with Gasteiger partial charge in [0.25, 0.3) is 0 Å². The van der Waals surface area contributed by atoms with E-state index in [1.165, 1.54) is 0 Å². The standard InChI is InChI=1S/C17H33N5O3/c1-17(2,3)25-16(23)22-9-7-20(8-10-22)6-4-5-19-15(18)21-11-13-24-14-12-21/h4-14H2,1-3H3,(H2,18,19). The first-order valence-electron chi connectivity index (χ1n) is 9.18. The molecule has 0 radical (unpaired) electrons. The minimum atomic E-state index is -0.438. The Morgan fingerprint density at radius 3 is 2.32 bits per heavy atom. The summed E-state index contributed by atoms with van der Waals surface area (Å²) >= 11 is 0. The van der Waals surface area contributed by atoms with Crippen LogP contribution in [0, 0.1) is 0 Å². The summed E-state index contributed by atoms with van der Waals surface area (Å²) in [6, 6.07) is 0. The molecular weight excluding hydrogens is 322 g/mol. The minimum Gasteiger partial charge on any atom is -0.444 e. The van der Waals surface area contributed by atoms with E-state index in [0.29, 0.717) is 19.0 Å². The molecule has 0 aromatic rings. The Kier molecular flexibility index (Phi) is 7.31. The number of morpholine rings is 1. The molecule has 2 fully saturated rings. The average molecular weight is 355 g/mol. The molecule has 0 spiro atoms. The molecule has 0 aromatic heterocycles. The number of piperazine rings is 1. The van der Waals surface area contributed by atoms with Gasteiger partial charge in [0.15, 0.2) is 5.96 Å². The van der Waals surface area contributed by atoms with Crippen molar-refractivity contribution in [3.63, 3.8) is 0 Å². The van der Waals surface area contributed by atoms with Crippen LogP contribution in [0.15, 0.2) is 4.99 Å². The predicted molar refractivity (Wildman–Crippen MR) is 97.7 cm³/mol. The van der Waals surface area contributed by atoms with E-state index < -0.39 is 5.60 Å². The van der Waals surface area contributed by atoms with E-state index in [2.05, 4.69) is 14.8 Å². The Balaban J connectivity index is 1.61. The van der Waals surface area contributed by atoms with Crippen molar-refractivity contribution in [2.45, 2.75) is 32.8 Å². The smallest absolute Gasteiger partial charge is 0.410 e. The maximum absolute atomic E-state index is 12.0. The van der Waals surface area contributed by atoms with Crippen LogP contribution in [-0.2, 0) is 9.47 Å². The molecule has 0 bridgehead atoms. The summed E-state index contributed by atoms with van der Waals surface area (Å²) in [6.07, 6.45) is 0.757. The summed E-state index contributed by atoms with van der Waals surface area (Å²) in [7, 11) is 0. The van der Waals surface area contributed by atoms with E-state index in [-0.39, 0.29) is 6.09 Å². The highest BCUT2D eigenvalue weighted by Gasteiger charge is 2.25. The lowest BCUT2D eigenvalue weighted by atomic mass is 10.2. The number of guanidine groups is 1. The third-order valence-corrected chi connectivity index (χ3v) is 4.27. The van der Waals surface area contributed by atoms with Crippen LogP contribution in [-0.4, -0.2) is 97.9 Å². The second kappa shape index (κ2) is 9.24. The first kappa shape index (κ1) is 19.8. The maximum Gasteiger partial charge on any atom is 0.410 e. The van der Waals surface area contributed by atoms with Gasteiger partial charge in [0.05, 0.1) is 13.2 Å². The molecule has 2 saturated heterocycles. The number of carbonyl (C=O) groups excluding carboxylic acids is 1. The van der Waals surface area contributed by atoms with Crippen molar-refractivity contribution in [3.05, 3.63) is 0 Å². The first-order chi connectivity index (χ1) is 11.8. The van der Waals surface area contributed by atoms with E-state index in [4.69, 9.17) is 15.2 Å². The molecule has 2 N–H and O–H groups in total. The quantitative estimate of drug-likeness (QED) is 0.451. The summed E-state index contributed by atoms with van der Waals surface area (Å²) in [5.74, 6) is 0.623. The van der Waals surface area contributed by atoms with E-state index in [0.717, 1.165) is 58.9 Å². The summed E-state index contributed by atoms with van der Waals surface area (Å²) in [6.45, 7) is 13.7. The predicted octanol–water partition coefficient (Wildman–Crippen LogP) is 0.576. The highest BCUT2D eigenvalue weighted by atomic mass is 16.6. The number of carbonyl (C=O) groups is 1. The highest BCUT2D eigenvalue weighted by Crippen LogP contribution is 2.12. The molecule has 1 amide bonds. The van der Waals surface area contributed by atoms with Crippen molar-refractivity contribution in [3.8, 4) is 0 Å². The zero-order valence-corrected chi connectivity index (χ0v) is 15.9. The SMILES string of the molecule is CC(C)(C)OC(=O)N1CCN(CCCN=C(N)N2CCOCC2)CC1. The van der Waals surface area contributed by atoms with E-state index in [9.17, 15) is 4.79 Å². The molecule has 2 rings (SSSR count). The monoisotopic (exact) mass is 355 g/mol. The Morgan fingerprint density at radius 2 is 1.72 bits per heavy atom. The lowest BCUT2D eigenvalue weighted by Gasteiger charge is -2.35.